The molecule has 1 N–H and O–H groups in total. The maximum absolute atomic E-state index is 4.44. The Balaban J connectivity index is 1.91. The number of nitrogens with one attached hydrogen (secondary N) is 1. The first kappa shape index (κ1) is 15.6. The number of anilines is 1. The minimum Gasteiger partial charge on any atom is -0.355 e. The van der Waals surface area contributed by atoms with Crippen molar-refractivity contribution in [2.24, 2.45) is 0 Å². The minimum absolute atomic E-state index is 0.0231. The van der Waals surface area contributed by atoms with E-state index in [9.17, 15) is 0 Å². The van der Waals surface area contributed by atoms with Crippen LogP contribution in [0.1, 0.15) is 31.2 Å². The predicted octanol–water partition coefficient (Wildman–Crippen LogP) is 4.52. The molecular formula is C14H17N5S3. The first-order valence-corrected chi connectivity index (χ1v) is 9.29. The molecule has 0 radical (unpaired) electrons. The Kier molecular flexibility index (Phi) is 4.09. The van der Waals surface area contributed by atoms with Crippen LogP contribution in [-0.2, 0) is 0 Å². The van der Waals surface area contributed by atoms with Gasteiger partial charge < -0.3 is 5.32 Å². The average molecular weight is 352 g/mol. The van der Waals surface area contributed by atoms with Crippen molar-refractivity contribution in [2.75, 3.05) is 5.32 Å². The molecule has 3 aromatic rings. The van der Waals surface area contributed by atoms with Crippen LogP contribution in [0.5, 0.6) is 0 Å². The van der Waals surface area contributed by atoms with E-state index in [0.29, 0.717) is 0 Å². The van der Waals surface area contributed by atoms with Crippen molar-refractivity contribution in [1.29, 1.82) is 0 Å². The first-order valence-electron chi connectivity index (χ1n) is 6.84. The van der Waals surface area contributed by atoms with Crippen molar-refractivity contribution in [3.8, 4) is 0 Å². The molecule has 0 aromatic carbocycles. The molecule has 0 saturated heterocycles. The van der Waals surface area contributed by atoms with Gasteiger partial charge in [-0.15, -0.1) is 21.5 Å². The molecule has 0 atom stereocenters. The third-order valence-electron chi connectivity index (χ3n) is 3.00. The van der Waals surface area contributed by atoms with Crippen molar-refractivity contribution in [3.05, 3.63) is 16.8 Å². The van der Waals surface area contributed by atoms with E-state index < -0.39 is 0 Å². The van der Waals surface area contributed by atoms with Gasteiger partial charge in [0.2, 0.25) is 5.13 Å². The third-order valence-corrected chi connectivity index (χ3v) is 6.01. The van der Waals surface area contributed by atoms with E-state index in [-0.39, 0.29) is 5.54 Å². The zero-order valence-electron chi connectivity index (χ0n) is 13.1. The molecule has 3 heterocycles. The van der Waals surface area contributed by atoms with Crippen LogP contribution in [0.15, 0.2) is 15.7 Å². The van der Waals surface area contributed by atoms with Gasteiger partial charge in [-0.2, -0.15) is 0 Å². The van der Waals surface area contributed by atoms with Gasteiger partial charge >= 0.3 is 0 Å². The summed E-state index contributed by atoms with van der Waals surface area (Å²) in [4.78, 5) is 11.1. The number of thiophene rings is 1. The Labute approximate surface area is 141 Å². The van der Waals surface area contributed by atoms with E-state index in [2.05, 4.69) is 60.1 Å². The number of nitrogens with zero attached hydrogens (tertiary/aromatic N) is 4. The lowest BCUT2D eigenvalue weighted by Gasteiger charge is -2.18. The van der Waals surface area contributed by atoms with Crippen LogP contribution >= 0.6 is 34.4 Å². The van der Waals surface area contributed by atoms with Crippen LogP contribution < -0.4 is 5.32 Å². The summed E-state index contributed by atoms with van der Waals surface area (Å²) in [6.07, 6.45) is 1.62. The number of aryl methyl sites for hydroxylation is 2. The Morgan fingerprint density at radius 1 is 1.09 bits per heavy atom. The van der Waals surface area contributed by atoms with Crippen molar-refractivity contribution in [3.63, 3.8) is 0 Å². The molecule has 0 unspecified atom stereocenters. The largest absolute Gasteiger partial charge is 0.355 e. The molecule has 0 fully saturated rings. The van der Waals surface area contributed by atoms with E-state index in [0.717, 1.165) is 24.7 Å². The zero-order chi connectivity index (χ0) is 15.9. The number of hydrogen-bond donors (Lipinski definition) is 1. The average Bonchev–Trinajstić information content (AvgIpc) is 2.94. The van der Waals surface area contributed by atoms with Crippen molar-refractivity contribution in [2.45, 2.75) is 49.5 Å². The second-order valence-corrected chi connectivity index (χ2v) is 9.41. The SMILES string of the molecule is Cc1sc2ncnc(Sc3nnc(NC(C)(C)C)s3)c2c1C. The Hall–Kier alpha value is -1.25. The number of fused-ring (bicyclic) bond motifs is 1. The van der Waals surface area contributed by atoms with Gasteiger partial charge in [-0.3, -0.25) is 0 Å². The maximum atomic E-state index is 4.44. The molecule has 0 amide bonds. The predicted molar refractivity (Wildman–Crippen MR) is 94.3 cm³/mol. The summed E-state index contributed by atoms with van der Waals surface area (Å²) in [6.45, 7) is 10.5. The third kappa shape index (κ3) is 3.23. The van der Waals surface area contributed by atoms with Gasteiger partial charge in [0, 0.05) is 15.8 Å². The fourth-order valence-corrected chi connectivity index (χ4v) is 5.02. The monoisotopic (exact) mass is 351 g/mol. The normalized spacial score (nSPS) is 12.0. The lowest BCUT2D eigenvalue weighted by Crippen LogP contribution is -2.25. The first-order chi connectivity index (χ1) is 10.3. The molecule has 0 aliphatic heterocycles. The molecule has 22 heavy (non-hydrogen) atoms. The lowest BCUT2D eigenvalue weighted by atomic mass is 10.1. The highest BCUT2D eigenvalue weighted by Gasteiger charge is 2.17. The number of aromatic nitrogens is 4. The fourth-order valence-electron chi connectivity index (χ4n) is 1.93. The number of hydrogen-bond acceptors (Lipinski definition) is 8. The summed E-state index contributed by atoms with van der Waals surface area (Å²) in [5.74, 6) is 0. The quantitative estimate of drug-likeness (QED) is 0.700. The van der Waals surface area contributed by atoms with Crippen LogP contribution in [0.2, 0.25) is 0 Å². The molecule has 8 heteroatoms. The van der Waals surface area contributed by atoms with E-state index >= 15 is 0 Å². The Morgan fingerprint density at radius 2 is 1.86 bits per heavy atom. The molecule has 0 spiro atoms. The standard InChI is InChI=1S/C14H17N5S3/c1-7-8(2)20-10-9(7)11(16-6-15-10)21-13-19-18-12(22-13)17-14(3,4)5/h6H,1-5H3,(H,17,18). The van der Waals surface area contributed by atoms with Crippen LogP contribution in [0, 0.1) is 13.8 Å². The minimum atomic E-state index is -0.0231. The summed E-state index contributed by atoms with van der Waals surface area (Å²) in [6, 6.07) is 0. The molecule has 0 aliphatic rings. The molecule has 0 aliphatic carbocycles. The highest BCUT2D eigenvalue weighted by molar-refractivity contribution is 8.01. The van der Waals surface area contributed by atoms with E-state index in [1.807, 2.05) is 0 Å². The van der Waals surface area contributed by atoms with Crippen LogP contribution in [-0.4, -0.2) is 25.7 Å². The van der Waals surface area contributed by atoms with E-state index in [1.54, 1.807) is 40.8 Å². The summed E-state index contributed by atoms with van der Waals surface area (Å²) < 4.78 is 0.884. The zero-order valence-corrected chi connectivity index (χ0v) is 15.5. The molecule has 0 saturated carbocycles. The molecule has 0 bridgehead atoms. The van der Waals surface area contributed by atoms with Gasteiger partial charge in [-0.25, -0.2) is 9.97 Å². The Morgan fingerprint density at radius 3 is 2.59 bits per heavy atom. The lowest BCUT2D eigenvalue weighted by molar-refractivity contribution is 0.631. The van der Waals surface area contributed by atoms with E-state index in [1.165, 1.54) is 10.4 Å². The molecular weight excluding hydrogens is 334 g/mol. The number of rotatable bonds is 3. The summed E-state index contributed by atoms with van der Waals surface area (Å²) in [5.41, 5.74) is 1.23. The van der Waals surface area contributed by atoms with Crippen molar-refractivity contribution >= 4 is 49.8 Å². The summed E-state index contributed by atoms with van der Waals surface area (Å²) in [5, 5.41) is 14.7. The molecule has 3 aromatic heterocycles. The maximum Gasteiger partial charge on any atom is 0.206 e. The second-order valence-electron chi connectivity index (χ2n) is 5.99. The second kappa shape index (κ2) is 5.75. The van der Waals surface area contributed by atoms with Crippen molar-refractivity contribution < 1.29 is 0 Å². The summed E-state index contributed by atoms with van der Waals surface area (Å²) >= 11 is 4.81. The topological polar surface area (TPSA) is 63.6 Å². The Bertz CT molecular complexity index is 816. The van der Waals surface area contributed by atoms with Gasteiger partial charge in [0.05, 0.1) is 0 Å². The van der Waals surface area contributed by atoms with Gasteiger partial charge in [-0.05, 0) is 51.9 Å². The highest BCUT2D eigenvalue weighted by atomic mass is 32.2. The van der Waals surface area contributed by atoms with Crippen LogP contribution in [0.4, 0.5) is 5.13 Å². The van der Waals surface area contributed by atoms with Gasteiger partial charge in [0.25, 0.3) is 0 Å². The molecule has 116 valence electrons. The van der Waals surface area contributed by atoms with Crippen molar-refractivity contribution in [1.82, 2.24) is 20.2 Å². The highest BCUT2D eigenvalue weighted by Crippen LogP contribution is 2.39. The fraction of sp³-hybridized carbons (Fsp3) is 0.429. The molecule has 3 rings (SSSR count). The summed E-state index contributed by atoms with van der Waals surface area (Å²) in [7, 11) is 0. The van der Waals surface area contributed by atoms with Crippen LogP contribution in [0.25, 0.3) is 10.2 Å². The van der Waals surface area contributed by atoms with Gasteiger partial charge in [0.1, 0.15) is 16.2 Å². The smallest absolute Gasteiger partial charge is 0.206 e. The van der Waals surface area contributed by atoms with Crippen LogP contribution in [0.3, 0.4) is 0 Å². The van der Waals surface area contributed by atoms with Gasteiger partial charge in [-0.1, -0.05) is 11.3 Å². The van der Waals surface area contributed by atoms with E-state index in [4.69, 9.17) is 0 Å². The van der Waals surface area contributed by atoms with Gasteiger partial charge in [0.15, 0.2) is 4.34 Å². The molecule has 5 nitrogen and oxygen atoms in total.